The fourth-order valence-corrected chi connectivity index (χ4v) is 2.93. The Balaban J connectivity index is 2.00. The average Bonchev–Trinajstić information content (AvgIpc) is 2.59. The van der Waals surface area contributed by atoms with Crippen molar-refractivity contribution in [3.05, 3.63) is 54.1 Å². The number of nitrogens with zero attached hydrogens (tertiary/aromatic N) is 1. The van der Waals surface area contributed by atoms with Gasteiger partial charge in [-0.2, -0.15) is 4.72 Å². The van der Waals surface area contributed by atoms with Gasteiger partial charge in [-0.3, -0.25) is 0 Å². The minimum Gasteiger partial charge on any atom is -0.497 e. The van der Waals surface area contributed by atoms with Crippen molar-refractivity contribution in [2.45, 2.75) is 4.90 Å². The number of nitrogens with one attached hydrogen (secondary N) is 1. The van der Waals surface area contributed by atoms with Gasteiger partial charge in [0.1, 0.15) is 5.75 Å². The molecule has 0 bridgehead atoms. The summed E-state index contributed by atoms with van der Waals surface area (Å²) in [6, 6.07) is 14.0. The Morgan fingerprint density at radius 2 is 1.83 bits per heavy atom. The zero-order valence-electron chi connectivity index (χ0n) is 13.9. The number of hydrogen-bond acceptors (Lipinski definition) is 4. The topological polar surface area (TPSA) is 58.6 Å². The Kier molecular flexibility index (Phi) is 5.85. The van der Waals surface area contributed by atoms with Crippen LogP contribution in [0.3, 0.4) is 0 Å². The van der Waals surface area contributed by atoms with Gasteiger partial charge in [0.25, 0.3) is 0 Å². The first kappa shape index (κ1) is 17.9. The van der Waals surface area contributed by atoms with Crippen LogP contribution in [0.2, 0.25) is 0 Å². The molecule has 1 N–H and O–H groups in total. The number of hydrogen-bond donors (Lipinski definition) is 1. The molecule has 0 aliphatic heterocycles. The highest BCUT2D eigenvalue weighted by Gasteiger charge is 2.13. The maximum atomic E-state index is 12.2. The molecule has 0 aliphatic carbocycles. The third-order valence-corrected chi connectivity index (χ3v) is 4.72. The van der Waals surface area contributed by atoms with Crippen LogP contribution >= 0.6 is 0 Å². The summed E-state index contributed by atoms with van der Waals surface area (Å²) in [5.41, 5.74) is 1.92. The first-order valence-electron chi connectivity index (χ1n) is 7.32. The van der Waals surface area contributed by atoms with E-state index in [1.54, 1.807) is 12.1 Å². The lowest BCUT2D eigenvalue weighted by molar-refractivity contribution is 0.413. The number of sulfonamides is 1. The molecule has 2 aromatic rings. The molecular formula is C18H20N2O3S. The molecule has 24 heavy (non-hydrogen) atoms. The summed E-state index contributed by atoms with van der Waals surface area (Å²) >= 11 is 0. The second kappa shape index (κ2) is 7.86. The molecule has 2 aromatic carbocycles. The summed E-state index contributed by atoms with van der Waals surface area (Å²) in [6.45, 7) is 0.0367. The van der Waals surface area contributed by atoms with Gasteiger partial charge in [0.05, 0.1) is 18.6 Å². The monoisotopic (exact) mass is 344 g/mol. The zero-order chi connectivity index (χ0) is 17.6. The molecule has 0 atom stereocenters. The van der Waals surface area contributed by atoms with Gasteiger partial charge in [0.15, 0.2) is 0 Å². The van der Waals surface area contributed by atoms with Crippen LogP contribution in [-0.2, 0) is 10.0 Å². The van der Waals surface area contributed by atoms with Crippen LogP contribution in [0.25, 0.3) is 0 Å². The van der Waals surface area contributed by atoms with Crippen LogP contribution < -0.4 is 14.4 Å². The number of rotatable bonds is 5. The van der Waals surface area contributed by atoms with Crippen LogP contribution in [0.15, 0.2) is 53.4 Å². The Labute approximate surface area is 143 Å². The molecule has 0 saturated carbocycles. The molecule has 0 fully saturated rings. The summed E-state index contributed by atoms with van der Waals surface area (Å²) < 4.78 is 31.9. The van der Waals surface area contributed by atoms with Crippen molar-refractivity contribution < 1.29 is 13.2 Å². The van der Waals surface area contributed by atoms with E-state index >= 15 is 0 Å². The summed E-state index contributed by atoms with van der Waals surface area (Å²) in [7, 11) is 1.82. The predicted octanol–water partition coefficient (Wildman–Crippen LogP) is 2.09. The Bertz CT molecular complexity index is 848. The number of benzene rings is 2. The molecule has 0 spiro atoms. The normalized spacial score (nSPS) is 10.6. The first-order valence-corrected chi connectivity index (χ1v) is 8.80. The van der Waals surface area contributed by atoms with Crippen LogP contribution in [0.4, 0.5) is 5.69 Å². The van der Waals surface area contributed by atoms with E-state index < -0.39 is 10.0 Å². The van der Waals surface area contributed by atoms with E-state index in [-0.39, 0.29) is 11.4 Å². The second-order valence-electron chi connectivity index (χ2n) is 5.25. The van der Waals surface area contributed by atoms with E-state index in [2.05, 4.69) is 16.6 Å². The van der Waals surface area contributed by atoms with E-state index in [1.165, 1.54) is 19.2 Å². The fourth-order valence-electron chi connectivity index (χ4n) is 1.97. The van der Waals surface area contributed by atoms with Crippen molar-refractivity contribution in [3.63, 3.8) is 0 Å². The molecule has 0 amide bonds. The maximum Gasteiger partial charge on any atom is 0.241 e. The maximum absolute atomic E-state index is 12.2. The van der Waals surface area contributed by atoms with E-state index in [0.717, 1.165) is 11.3 Å². The summed E-state index contributed by atoms with van der Waals surface area (Å²) in [5.74, 6) is 6.25. The van der Waals surface area contributed by atoms with E-state index in [4.69, 9.17) is 4.74 Å². The van der Waals surface area contributed by atoms with Crippen LogP contribution in [-0.4, -0.2) is 36.2 Å². The molecule has 2 rings (SSSR count). The van der Waals surface area contributed by atoms with Gasteiger partial charge in [0, 0.05) is 31.4 Å². The van der Waals surface area contributed by atoms with Crippen LogP contribution in [0.5, 0.6) is 5.75 Å². The van der Waals surface area contributed by atoms with Gasteiger partial charge in [-0.05, 0) is 36.4 Å². The van der Waals surface area contributed by atoms with Crippen LogP contribution in [0, 0.1) is 11.8 Å². The molecule has 5 nitrogen and oxygen atoms in total. The smallest absolute Gasteiger partial charge is 0.241 e. The number of methoxy groups -OCH3 is 1. The molecule has 0 unspecified atom stereocenters. The quantitative estimate of drug-likeness (QED) is 0.844. The first-order chi connectivity index (χ1) is 11.4. The summed E-state index contributed by atoms with van der Waals surface area (Å²) in [6.07, 6.45) is 0. The van der Waals surface area contributed by atoms with Crippen molar-refractivity contribution >= 4 is 15.7 Å². The van der Waals surface area contributed by atoms with Crippen molar-refractivity contribution in [2.24, 2.45) is 0 Å². The highest BCUT2D eigenvalue weighted by molar-refractivity contribution is 7.89. The molecular weight excluding hydrogens is 324 g/mol. The molecule has 0 aromatic heterocycles. The highest BCUT2D eigenvalue weighted by Crippen LogP contribution is 2.16. The van der Waals surface area contributed by atoms with Crippen molar-refractivity contribution in [1.82, 2.24) is 4.72 Å². The number of ether oxygens (including phenoxy) is 1. The van der Waals surface area contributed by atoms with E-state index in [0.29, 0.717) is 5.75 Å². The minimum atomic E-state index is -3.60. The Hall–Kier alpha value is -2.49. The van der Waals surface area contributed by atoms with Gasteiger partial charge in [-0.15, -0.1) is 0 Å². The molecule has 0 radical (unpaired) electrons. The summed E-state index contributed by atoms with van der Waals surface area (Å²) in [4.78, 5) is 2.15. The SMILES string of the molecule is COc1cccc(S(=O)(=O)NCC#Cc2ccc(N(C)C)cc2)c1. The Morgan fingerprint density at radius 1 is 1.12 bits per heavy atom. The highest BCUT2D eigenvalue weighted by atomic mass is 32.2. The molecule has 0 saturated heterocycles. The fraction of sp³-hybridized carbons (Fsp3) is 0.222. The molecule has 0 aliphatic rings. The summed E-state index contributed by atoms with van der Waals surface area (Å²) in [5, 5.41) is 0. The average molecular weight is 344 g/mol. The lowest BCUT2D eigenvalue weighted by atomic mass is 10.2. The largest absolute Gasteiger partial charge is 0.497 e. The van der Waals surface area contributed by atoms with Gasteiger partial charge < -0.3 is 9.64 Å². The molecule has 6 heteroatoms. The van der Waals surface area contributed by atoms with Gasteiger partial charge in [-0.25, -0.2) is 8.42 Å². The minimum absolute atomic E-state index is 0.0367. The lowest BCUT2D eigenvalue weighted by Gasteiger charge is -2.11. The molecule has 0 heterocycles. The lowest BCUT2D eigenvalue weighted by Crippen LogP contribution is -2.24. The Morgan fingerprint density at radius 3 is 2.46 bits per heavy atom. The zero-order valence-corrected chi connectivity index (χ0v) is 14.7. The van der Waals surface area contributed by atoms with Crippen LogP contribution in [0.1, 0.15) is 5.56 Å². The second-order valence-corrected chi connectivity index (χ2v) is 7.01. The van der Waals surface area contributed by atoms with E-state index in [9.17, 15) is 8.42 Å². The van der Waals surface area contributed by atoms with Gasteiger partial charge in [-0.1, -0.05) is 17.9 Å². The molecule has 126 valence electrons. The van der Waals surface area contributed by atoms with Gasteiger partial charge in [0.2, 0.25) is 10.0 Å². The number of anilines is 1. The predicted molar refractivity (Wildman–Crippen MR) is 95.8 cm³/mol. The van der Waals surface area contributed by atoms with Gasteiger partial charge >= 0.3 is 0 Å². The third kappa shape index (κ3) is 4.75. The van der Waals surface area contributed by atoms with Crippen molar-refractivity contribution in [2.75, 3.05) is 32.6 Å². The standard InChI is InChI=1S/C18H20N2O3S/c1-20(2)16-11-9-15(10-12-16)6-5-13-19-24(21,22)18-8-4-7-17(14-18)23-3/h4,7-12,14,19H,13H2,1-3H3. The van der Waals surface area contributed by atoms with E-state index in [1.807, 2.05) is 43.3 Å². The third-order valence-electron chi connectivity index (χ3n) is 3.32. The van der Waals surface area contributed by atoms with Crippen molar-refractivity contribution in [3.8, 4) is 17.6 Å². The van der Waals surface area contributed by atoms with Crippen molar-refractivity contribution in [1.29, 1.82) is 0 Å².